The number of sulfonamides is 1. The highest BCUT2D eigenvalue weighted by molar-refractivity contribution is 9.11. The largest absolute Gasteiger partial charge is 0.309 e. The van der Waals surface area contributed by atoms with Crippen molar-refractivity contribution in [1.29, 1.82) is 0 Å². The van der Waals surface area contributed by atoms with E-state index in [1.165, 1.54) is 36.6 Å². The van der Waals surface area contributed by atoms with Crippen LogP contribution in [0.2, 0.25) is 0 Å². The van der Waals surface area contributed by atoms with Gasteiger partial charge in [0.15, 0.2) is 0 Å². The van der Waals surface area contributed by atoms with Crippen LogP contribution in [0.15, 0.2) is 33.2 Å². The molecule has 0 atom stereocenters. The van der Waals surface area contributed by atoms with Crippen LogP contribution in [-0.2, 0) is 16.6 Å². The smallest absolute Gasteiger partial charge is 0.266 e. The first-order valence-electron chi connectivity index (χ1n) is 6.36. The molecule has 2 aromatic heterocycles. The summed E-state index contributed by atoms with van der Waals surface area (Å²) in [4.78, 5) is 8.93. The summed E-state index contributed by atoms with van der Waals surface area (Å²) in [5, 5.41) is 3.36. The van der Waals surface area contributed by atoms with Crippen molar-refractivity contribution in [2.24, 2.45) is 0 Å². The quantitative estimate of drug-likeness (QED) is 0.793. The number of hydrogen-bond acceptors (Lipinski definition) is 6. The third kappa shape index (κ3) is 3.79. The second-order valence-electron chi connectivity index (χ2n) is 4.68. The summed E-state index contributed by atoms with van der Waals surface area (Å²) in [5.41, 5.74) is 0. The van der Waals surface area contributed by atoms with E-state index in [1.54, 1.807) is 12.1 Å². The van der Waals surface area contributed by atoms with Crippen LogP contribution in [-0.4, -0.2) is 24.4 Å². The van der Waals surface area contributed by atoms with Gasteiger partial charge in [-0.25, -0.2) is 23.1 Å². The minimum atomic E-state index is -3.69. The Hall–Kier alpha value is -1.03. The molecule has 1 aliphatic rings. The third-order valence-corrected chi connectivity index (χ3v) is 6.51. The third-order valence-electron chi connectivity index (χ3n) is 2.93. The number of thiophene rings is 1. The van der Waals surface area contributed by atoms with Crippen molar-refractivity contribution < 1.29 is 8.42 Å². The van der Waals surface area contributed by atoms with Gasteiger partial charge in [-0.15, -0.1) is 11.3 Å². The van der Waals surface area contributed by atoms with Gasteiger partial charge in [0.1, 0.15) is 4.90 Å². The van der Waals surface area contributed by atoms with Crippen LogP contribution in [0.3, 0.4) is 0 Å². The monoisotopic (exact) mass is 388 g/mol. The van der Waals surface area contributed by atoms with Crippen LogP contribution in [0.5, 0.6) is 0 Å². The first-order valence-corrected chi connectivity index (χ1v) is 9.45. The van der Waals surface area contributed by atoms with E-state index in [2.05, 4.69) is 35.9 Å². The molecular formula is C12H13BrN4O2S2. The minimum Gasteiger partial charge on any atom is -0.309 e. The van der Waals surface area contributed by atoms with Gasteiger partial charge in [-0.1, -0.05) is 0 Å². The zero-order valence-corrected chi connectivity index (χ0v) is 14.1. The fourth-order valence-electron chi connectivity index (χ4n) is 1.73. The first kappa shape index (κ1) is 14.9. The molecule has 9 heteroatoms. The van der Waals surface area contributed by atoms with E-state index in [0.717, 1.165) is 4.88 Å². The van der Waals surface area contributed by atoms with Gasteiger partial charge >= 0.3 is 0 Å². The van der Waals surface area contributed by atoms with Gasteiger partial charge in [0.05, 0.1) is 3.79 Å². The Labute approximate surface area is 135 Å². The van der Waals surface area contributed by atoms with Crippen LogP contribution < -0.4 is 10.0 Å². The minimum absolute atomic E-state index is 0.0632. The summed E-state index contributed by atoms with van der Waals surface area (Å²) in [7, 11) is -3.69. The van der Waals surface area contributed by atoms with Gasteiger partial charge < -0.3 is 5.32 Å². The zero-order valence-electron chi connectivity index (χ0n) is 10.9. The summed E-state index contributed by atoms with van der Waals surface area (Å²) >= 11 is 4.74. The highest BCUT2D eigenvalue weighted by Crippen LogP contribution is 2.33. The maximum atomic E-state index is 12.4. The molecule has 0 amide bonds. The fraction of sp³-hybridized carbons (Fsp3) is 0.333. The summed E-state index contributed by atoms with van der Waals surface area (Å²) < 4.78 is 27.7. The Balaban J connectivity index is 1.77. The lowest BCUT2D eigenvalue weighted by Crippen LogP contribution is -2.15. The van der Waals surface area contributed by atoms with E-state index in [9.17, 15) is 8.42 Å². The van der Waals surface area contributed by atoms with E-state index in [0.29, 0.717) is 16.4 Å². The predicted octanol–water partition coefficient (Wildman–Crippen LogP) is 2.35. The van der Waals surface area contributed by atoms with Crippen molar-refractivity contribution in [3.8, 4) is 0 Å². The molecule has 21 heavy (non-hydrogen) atoms. The van der Waals surface area contributed by atoms with Gasteiger partial charge in [0.2, 0.25) is 5.95 Å². The number of halogens is 1. The first-order chi connectivity index (χ1) is 10.0. The summed E-state index contributed by atoms with van der Waals surface area (Å²) in [6, 6.07) is 3.89. The van der Waals surface area contributed by atoms with Crippen molar-refractivity contribution in [3.63, 3.8) is 0 Å². The van der Waals surface area contributed by atoms with E-state index >= 15 is 0 Å². The summed E-state index contributed by atoms with van der Waals surface area (Å²) in [6.07, 6.45) is 5.37. The van der Waals surface area contributed by atoms with Gasteiger partial charge in [0, 0.05) is 29.9 Å². The lowest BCUT2D eigenvalue weighted by Gasteiger charge is -2.04. The molecule has 2 heterocycles. The Morgan fingerprint density at radius 2 is 2.05 bits per heavy atom. The van der Waals surface area contributed by atoms with Crippen LogP contribution in [0, 0.1) is 0 Å². The molecule has 112 valence electrons. The van der Waals surface area contributed by atoms with Gasteiger partial charge in [-0.05, 0) is 40.9 Å². The summed E-state index contributed by atoms with van der Waals surface area (Å²) in [6.45, 7) is 0.686. The molecule has 3 rings (SSSR count). The van der Waals surface area contributed by atoms with Crippen LogP contribution >= 0.6 is 27.3 Å². The van der Waals surface area contributed by atoms with Gasteiger partial charge in [-0.3, -0.25) is 0 Å². The highest BCUT2D eigenvalue weighted by Gasteiger charge is 2.24. The second-order valence-corrected chi connectivity index (χ2v) is 8.79. The molecular weight excluding hydrogens is 376 g/mol. The average Bonchev–Trinajstić information content (AvgIpc) is 3.19. The van der Waals surface area contributed by atoms with E-state index in [-0.39, 0.29) is 10.8 Å². The van der Waals surface area contributed by atoms with Crippen molar-refractivity contribution in [2.75, 3.05) is 4.72 Å². The Morgan fingerprint density at radius 1 is 1.33 bits per heavy atom. The highest BCUT2D eigenvalue weighted by atomic mass is 79.9. The standard InChI is InChI=1S/C12H13BrN4O2S2/c13-11-10(6-9(20-11)7-16-8-2-3-8)21(18,19)17-12-14-4-1-5-15-12/h1,4-6,8,16H,2-3,7H2,(H,14,15,17). The lowest BCUT2D eigenvalue weighted by atomic mass is 10.4. The molecule has 2 aromatic rings. The molecule has 1 fully saturated rings. The normalized spacial score (nSPS) is 15.1. The van der Waals surface area contributed by atoms with Crippen molar-refractivity contribution >= 4 is 43.2 Å². The average molecular weight is 389 g/mol. The number of nitrogens with one attached hydrogen (secondary N) is 2. The second kappa shape index (κ2) is 5.99. The van der Waals surface area contributed by atoms with E-state index < -0.39 is 10.0 Å². The maximum Gasteiger partial charge on any atom is 0.266 e. The zero-order chi connectivity index (χ0) is 14.9. The molecule has 1 aliphatic carbocycles. The van der Waals surface area contributed by atoms with Crippen LogP contribution in [0.1, 0.15) is 17.7 Å². The molecule has 0 radical (unpaired) electrons. The van der Waals surface area contributed by atoms with Gasteiger partial charge in [0.25, 0.3) is 10.0 Å². The van der Waals surface area contributed by atoms with Crippen molar-refractivity contribution in [3.05, 3.63) is 33.2 Å². The van der Waals surface area contributed by atoms with Crippen molar-refractivity contribution in [2.45, 2.75) is 30.3 Å². The Kier molecular flexibility index (Phi) is 4.25. The number of nitrogens with zero attached hydrogens (tertiary/aromatic N) is 2. The molecule has 0 aliphatic heterocycles. The molecule has 0 aromatic carbocycles. The molecule has 0 spiro atoms. The van der Waals surface area contributed by atoms with Crippen LogP contribution in [0.4, 0.5) is 5.95 Å². The molecule has 2 N–H and O–H groups in total. The molecule has 0 unspecified atom stereocenters. The SMILES string of the molecule is O=S(=O)(Nc1ncccn1)c1cc(CNC2CC2)sc1Br. The van der Waals surface area contributed by atoms with E-state index in [4.69, 9.17) is 0 Å². The Morgan fingerprint density at radius 3 is 2.71 bits per heavy atom. The maximum absolute atomic E-state index is 12.4. The van der Waals surface area contributed by atoms with Gasteiger partial charge in [-0.2, -0.15) is 0 Å². The number of hydrogen-bond donors (Lipinski definition) is 2. The molecule has 1 saturated carbocycles. The number of rotatable bonds is 6. The molecule has 0 bridgehead atoms. The molecule has 0 saturated heterocycles. The number of anilines is 1. The number of aromatic nitrogens is 2. The molecule has 6 nitrogen and oxygen atoms in total. The lowest BCUT2D eigenvalue weighted by molar-refractivity contribution is 0.600. The van der Waals surface area contributed by atoms with Crippen LogP contribution in [0.25, 0.3) is 0 Å². The predicted molar refractivity (Wildman–Crippen MR) is 84.7 cm³/mol. The topological polar surface area (TPSA) is 84.0 Å². The van der Waals surface area contributed by atoms with E-state index in [1.807, 2.05) is 0 Å². The Bertz CT molecular complexity index is 729. The summed E-state index contributed by atoms with van der Waals surface area (Å²) in [5.74, 6) is 0.0632. The fourth-order valence-corrected chi connectivity index (χ4v) is 5.32. The van der Waals surface area contributed by atoms with Crippen molar-refractivity contribution in [1.82, 2.24) is 15.3 Å².